The lowest BCUT2D eigenvalue weighted by Crippen LogP contribution is -2.36. The topological polar surface area (TPSA) is 75.6 Å². The normalized spacial score (nSPS) is 12.2. The van der Waals surface area contributed by atoms with Crippen molar-refractivity contribution in [2.45, 2.75) is 6.10 Å². The van der Waals surface area contributed by atoms with Crippen molar-refractivity contribution < 1.29 is 19.4 Å². The van der Waals surface area contributed by atoms with Crippen LogP contribution < -0.4 is 5.32 Å². The number of aliphatic hydroxyl groups is 1. The second-order valence-electron chi connectivity index (χ2n) is 3.79. The SMILES string of the molecule is COC(=O)C(O)CNC(=O)/C=C/c1ccc(Cl)c(Cl)c1. The van der Waals surface area contributed by atoms with Gasteiger partial charge in [-0.05, 0) is 23.8 Å². The van der Waals surface area contributed by atoms with E-state index in [-0.39, 0.29) is 6.54 Å². The Bertz CT molecular complexity index is 531. The van der Waals surface area contributed by atoms with E-state index >= 15 is 0 Å². The summed E-state index contributed by atoms with van der Waals surface area (Å²) in [5, 5.41) is 12.4. The van der Waals surface area contributed by atoms with Gasteiger partial charge in [0.2, 0.25) is 5.91 Å². The van der Waals surface area contributed by atoms with Gasteiger partial charge in [0.05, 0.1) is 23.7 Å². The number of rotatable bonds is 5. The quantitative estimate of drug-likeness (QED) is 0.639. The van der Waals surface area contributed by atoms with Crippen LogP contribution in [0.1, 0.15) is 5.56 Å². The van der Waals surface area contributed by atoms with E-state index in [9.17, 15) is 14.7 Å². The molecule has 1 amide bonds. The Morgan fingerprint density at radius 1 is 1.40 bits per heavy atom. The number of benzene rings is 1. The maximum Gasteiger partial charge on any atom is 0.336 e. The molecule has 0 radical (unpaired) electrons. The molecule has 2 N–H and O–H groups in total. The van der Waals surface area contributed by atoms with Crippen LogP contribution in [0.2, 0.25) is 10.0 Å². The third kappa shape index (κ3) is 5.21. The highest BCUT2D eigenvalue weighted by Gasteiger charge is 2.15. The Morgan fingerprint density at radius 3 is 2.70 bits per heavy atom. The van der Waals surface area contributed by atoms with Gasteiger partial charge in [0, 0.05) is 6.08 Å². The maximum absolute atomic E-state index is 11.5. The predicted octanol–water partition coefficient (Wildman–Crippen LogP) is 1.66. The molecule has 20 heavy (non-hydrogen) atoms. The van der Waals surface area contributed by atoms with Crippen LogP contribution in [-0.4, -0.2) is 36.7 Å². The molecule has 1 aromatic rings. The molecular formula is C13H13Cl2NO4. The summed E-state index contributed by atoms with van der Waals surface area (Å²) >= 11 is 11.6. The van der Waals surface area contributed by atoms with E-state index in [1.165, 1.54) is 12.2 Å². The largest absolute Gasteiger partial charge is 0.467 e. The van der Waals surface area contributed by atoms with Gasteiger partial charge in [-0.25, -0.2) is 4.79 Å². The number of carbonyl (C=O) groups is 2. The van der Waals surface area contributed by atoms with Gasteiger partial charge in [0.25, 0.3) is 0 Å². The molecule has 1 rings (SSSR count). The van der Waals surface area contributed by atoms with Crippen LogP contribution in [0.4, 0.5) is 0 Å². The van der Waals surface area contributed by atoms with E-state index in [4.69, 9.17) is 23.2 Å². The Morgan fingerprint density at radius 2 is 2.10 bits per heavy atom. The lowest BCUT2D eigenvalue weighted by Gasteiger charge is -2.08. The molecule has 0 aliphatic heterocycles. The smallest absolute Gasteiger partial charge is 0.336 e. The van der Waals surface area contributed by atoms with Gasteiger partial charge in [-0.15, -0.1) is 0 Å². The Labute approximate surface area is 126 Å². The van der Waals surface area contributed by atoms with Crippen LogP contribution in [0.3, 0.4) is 0 Å². The fraction of sp³-hybridized carbons (Fsp3) is 0.231. The van der Waals surface area contributed by atoms with Gasteiger partial charge < -0.3 is 15.2 Å². The third-order valence-electron chi connectivity index (χ3n) is 2.31. The van der Waals surface area contributed by atoms with E-state index in [0.717, 1.165) is 7.11 Å². The van der Waals surface area contributed by atoms with E-state index in [2.05, 4.69) is 10.1 Å². The molecule has 108 valence electrons. The average molecular weight is 318 g/mol. The Balaban J connectivity index is 2.51. The third-order valence-corrected chi connectivity index (χ3v) is 3.05. The molecule has 0 aliphatic carbocycles. The summed E-state index contributed by atoms with van der Waals surface area (Å²) in [7, 11) is 1.15. The van der Waals surface area contributed by atoms with Crippen molar-refractivity contribution in [1.29, 1.82) is 0 Å². The lowest BCUT2D eigenvalue weighted by molar-refractivity contribution is -0.150. The van der Waals surface area contributed by atoms with Crippen molar-refractivity contribution in [1.82, 2.24) is 5.32 Å². The van der Waals surface area contributed by atoms with E-state index in [1.807, 2.05) is 0 Å². The second kappa shape index (κ2) is 7.89. The number of carbonyl (C=O) groups excluding carboxylic acids is 2. The number of amides is 1. The van der Waals surface area contributed by atoms with Crippen LogP contribution in [0.25, 0.3) is 6.08 Å². The van der Waals surface area contributed by atoms with E-state index < -0.39 is 18.0 Å². The molecule has 0 saturated heterocycles. The van der Waals surface area contributed by atoms with Gasteiger partial charge in [-0.3, -0.25) is 4.79 Å². The molecular weight excluding hydrogens is 305 g/mol. The summed E-state index contributed by atoms with van der Waals surface area (Å²) < 4.78 is 4.31. The predicted molar refractivity (Wildman–Crippen MR) is 76.5 cm³/mol. The van der Waals surface area contributed by atoms with Gasteiger partial charge in [-0.1, -0.05) is 29.3 Å². The van der Waals surface area contributed by atoms with Crippen LogP contribution in [0.5, 0.6) is 0 Å². The van der Waals surface area contributed by atoms with Crippen LogP contribution in [0, 0.1) is 0 Å². The Hall–Kier alpha value is -1.56. The molecule has 0 aliphatic rings. The minimum Gasteiger partial charge on any atom is -0.467 e. The van der Waals surface area contributed by atoms with Crippen molar-refractivity contribution in [2.75, 3.05) is 13.7 Å². The highest BCUT2D eigenvalue weighted by molar-refractivity contribution is 6.42. The number of esters is 1. The van der Waals surface area contributed by atoms with Gasteiger partial charge in [0.15, 0.2) is 6.10 Å². The molecule has 0 heterocycles. The maximum atomic E-state index is 11.5. The number of hydrogen-bond acceptors (Lipinski definition) is 4. The van der Waals surface area contributed by atoms with Crippen LogP contribution in [-0.2, 0) is 14.3 Å². The molecule has 1 unspecified atom stereocenters. The second-order valence-corrected chi connectivity index (χ2v) is 4.61. The zero-order valence-electron chi connectivity index (χ0n) is 10.6. The first-order valence-corrected chi connectivity index (χ1v) is 6.36. The molecule has 7 heteroatoms. The average Bonchev–Trinajstić information content (AvgIpc) is 2.45. The van der Waals surface area contributed by atoms with Crippen molar-refractivity contribution in [3.8, 4) is 0 Å². The number of aliphatic hydroxyl groups excluding tert-OH is 1. The molecule has 0 aromatic heterocycles. The summed E-state index contributed by atoms with van der Waals surface area (Å²) in [6, 6.07) is 4.92. The summed E-state index contributed by atoms with van der Waals surface area (Å²) in [5.41, 5.74) is 0.697. The molecule has 5 nitrogen and oxygen atoms in total. The van der Waals surface area contributed by atoms with Crippen molar-refractivity contribution in [2.24, 2.45) is 0 Å². The van der Waals surface area contributed by atoms with Gasteiger partial charge in [-0.2, -0.15) is 0 Å². The number of nitrogens with one attached hydrogen (secondary N) is 1. The van der Waals surface area contributed by atoms with E-state index in [0.29, 0.717) is 15.6 Å². The number of ether oxygens (including phenoxy) is 1. The standard InChI is InChI=1S/C13H13Cl2NO4/c1-20-13(19)11(17)7-16-12(18)5-3-8-2-4-9(14)10(15)6-8/h2-6,11,17H,7H2,1H3,(H,16,18)/b5-3+. The molecule has 0 spiro atoms. The number of hydrogen-bond donors (Lipinski definition) is 2. The van der Waals surface area contributed by atoms with Crippen molar-refractivity contribution in [3.63, 3.8) is 0 Å². The zero-order valence-corrected chi connectivity index (χ0v) is 12.1. The summed E-state index contributed by atoms with van der Waals surface area (Å²) in [5.74, 6) is -1.27. The highest BCUT2D eigenvalue weighted by Crippen LogP contribution is 2.22. The summed E-state index contributed by atoms with van der Waals surface area (Å²) in [6.07, 6.45) is 1.40. The molecule has 0 fully saturated rings. The molecule has 1 aromatic carbocycles. The fourth-order valence-corrected chi connectivity index (χ4v) is 1.57. The summed E-state index contributed by atoms with van der Waals surface area (Å²) in [4.78, 5) is 22.4. The number of methoxy groups -OCH3 is 1. The minimum atomic E-state index is -1.39. The first-order chi connectivity index (χ1) is 9.43. The first-order valence-electron chi connectivity index (χ1n) is 5.61. The monoisotopic (exact) mass is 317 g/mol. The lowest BCUT2D eigenvalue weighted by atomic mass is 10.2. The summed E-state index contributed by atoms with van der Waals surface area (Å²) in [6.45, 7) is -0.225. The van der Waals surface area contributed by atoms with Gasteiger partial charge in [0.1, 0.15) is 0 Å². The van der Waals surface area contributed by atoms with Crippen LogP contribution >= 0.6 is 23.2 Å². The fourth-order valence-electron chi connectivity index (χ4n) is 1.26. The number of halogens is 2. The Kier molecular flexibility index (Phi) is 6.51. The van der Waals surface area contributed by atoms with Crippen molar-refractivity contribution in [3.05, 3.63) is 39.9 Å². The molecule has 0 saturated carbocycles. The van der Waals surface area contributed by atoms with Crippen molar-refractivity contribution >= 4 is 41.2 Å². The van der Waals surface area contributed by atoms with Crippen LogP contribution in [0.15, 0.2) is 24.3 Å². The first kappa shape index (κ1) is 16.5. The van der Waals surface area contributed by atoms with E-state index in [1.54, 1.807) is 18.2 Å². The van der Waals surface area contributed by atoms with Gasteiger partial charge >= 0.3 is 5.97 Å². The molecule has 0 bridgehead atoms. The molecule has 1 atom stereocenters. The zero-order chi connectivity index (χ0) is 15.1. The highest BCUT2D eigenvalue weighted by atomic mass is 35.5. The minimum absolute atomic E-state index is 0.225.